The third kappa shape index (κ3) is 2.32. The summed E-state index contributed by atoms with van der Waals surface area (Å²) < 4.78 is 8.03. The highest BCUT2D eigenvalue weighted by molar-refractivity contribution is 5.95. The highest BCUT2D eigenvalue weighted by atomic mass is 16.3. The Kier molecular flexibility index (Phi) is 3.05. The molecule has 0 radical (unpaired) electrons. The number of para-hydroxylation sites is 1. The van der Waals surface area contributed by atoms with E-state index < -0.39 is 0 Å². The second-order valence-corrected chi connectivity index (χ2v) is 5.87. The molecular weight excluding hydrogens is 288 g/mol. The van der Waals surface area contributed by atoms with Gasteiger partial charge in [0.15, 0.2) is 5.58 Å². The van der Waals surface area contributed by atoms with Gasteiger partial charge in [-0.2, -0.15) is 0 Å². The van der Waals surface area contributed by atoms with Crippen molar-refractivity contribution in [1.82, 2.24) is 9.55 Å². The number of hydrogen-bond acceptors (Lipinski definition) is 3. The Morgan fingerprint density at radius 2 is 2.04 bits per heavy atom. The zero-order valence-corrected chi connectivity index (χ0v) is 13.0. The van der Waals surface area contributed by atoms with E-state index in [4.69, 9.17) is 4.42 Å². The number of rotatable bonds is 3. The number of oxazole rings is 1. The average Bonchev–Trinajstić information content (AvgIpc) is 3.08. The maximum absolute atomic E-state index is 11.3. The number of aromatic nitrogens is 2. The maximum atomic E-state index is 11.3. The lowest BCUT2D eigenvalue weighted by atomic mass is 10.1. The number of carbonyl (C=O) groups excluding carboxylic acids is 1. The summed E-state index contributed by atoms with van der Waals surface area (Å²) in [4.78, 5) is 15.9. The third-order valence-corrected chi connectivity index (χ3v) is 4.03. The van der Waals surface area contributed by atoms with E-state index in [0.29, 0.717) is 17.9 Å². The Morgan fingerprint density at radius 1 is 1.22 bits per heavy atom. The van der Waals surface area contributed by atoms with E-state index in [1.54, 1.807) is 6.92 Å². The molecule has 2 aromatic heterocycles. The molecule has 0 aliphatic carbocycles. The number of ketones is 1. The van der Waals surface area contributed by atoms with Crippen LogP contribution in [0.5, 0.6) is 0 Å². The molecule has 0 unspecified atom stereocenters. The van der Waals surface area contributed by atoms with Gasteiger partial charge in [0.2, 0.25) is 5.89 Å². The summed E-state index contributed by atoms with van der Waals surface area (Å²) in [6, 6.07) is 13.9. The van der Waals surface area contributed by atoms with Gasteiger partial charge in [-0.15, -0.1) is 0 Å². The zero-order chi connectivity index (χ0) is 16.0. The molecule has 4 aromatic rings. The van der Waals surface area contributed by atoms with Gasteiger partial charge in [0, 0.05) is 30.6 Å². The van der Waals surface area contributed by atoms with Crippen LogP contribution in [0.2, 0.25) is 0 Å². The highest BCUT2D eigenvalue weighted by Crippen LogP contribution is 2.32. The van der Waals surface area contributed by atoms with Crippen molar-refractivity contribution in [2.75, 3.05) is 0 Å². The molecule has 0 spiro atoms. The van der Waals surface area contributed by atoms with E-state index in [2.05, 4.69) is 21.7 Å². The molecule has 0 saturated heterocycles. The fourth-order valence-electron chi connectivity index (χ4n) is 2.99. The van der Waals surface area contributed by atoms with Crippen LogP contribution in [-0.2, 0) is 18.3 Å². The molecule has 23 heavy (non-hydrogen) atoms. The van der Waals surface area contributed by atoms with E-state index in [-0.39, 0.29) is 5.78 Å². The van der Waals surface area contributed by atoms with Gasteiger partial charge in [-0.1, -0.05) is 24.3 Å². The number of nitrogens with zero attached hydrogens (tertiary/aromatic N) is 2. The molecule has 0 bridgehead atoms. The predicted octanol–water partition coefficient (Wildman–Crippen LogP) is 4.12. The zero-order valence-electron chi connectivity index (χ0n) is 13.0. The molecule has 4 rings (SSSR count). The van der Waals surface area contributed by atoms with Crippen LogP contribution >= 0.6 is 0 Å². The van der Waals surface area contributed by atoms with E-state index in [1.165, 1.54) is 0 Å². The lowest BCUT2D eigenvalue weighted by Crippen LogP contribution is -1.95. The van der Waals surface area contributed by atoms with E-state index in [0.717, 1.165) is 27.5 Å². The second-order valence-electron chi connectivity index (χ2n) is 5.87. The van der Waals surface area contributed by atoms with Crippen LogP contribution in [0.25, 0.3) is 33.5 Å². The summed E-state index contributed by atoms with van der Waals surface area (Å²) in [6.45, 7) is 1.59. The third-order valence-electron chi connectivity index (χ3n) is 4.03. The first-order valence-corrected chi connectivity index (χ1v) is 7.55. The summed E-state index contributed by atoms with van der Waals surface area (Å²) in [7, 11) is 2.01. The Labute approximate surface area is 133 Å². The van der Waals surface area contributed by atoms with Gasteiger partial charge >= 0.3 is 0 Å². The van der Waals surface area contributed by atoms with Crippen LogP contribution in [0.1, 0.15) is 12.5 Å². The normalized spacial score (nSPS) is 11.4. The van der Waals surface area contributed by atoms with Crippen LogP contribution in [0.15, 0.2) is 53.1 Å². The molecular formula is C19H16N2O2. The van der Waals surface area contributed by atoms with Crippen molar-refractivity contribution >= 4 is 27.8 Å². The lowest BCUT2D eigenvalue weighted by Gasteiger charge is -1.95. The predicted molar refractivity (Wildman–Crippen MR) is 90.3 cm³/mol. The average molecular weight is 304 g/mol. The Bertz CT molecular complexity index is 1040. The summed E-state index contributed by atoms with van der Waals surface area (Å²) in [6.07, 6.45) is 2.45. The summed E-state index contributed by atoms with van der Waals surface area (Å²) in [5.41, 5.74) is 4.59. The van der Waals surface area contributed by atoms with Gasteiger partial charge in [-0.05, 0) is 30.7 Å². The van der Waals surface area contributed by atoms with Gasteiger partial charge in [0.05, 0.1) is 5.56 Å². The highest BCUT2D eigenvalue weighted by Gasteiger charge is 2.14. The molecule has 2 heterocycles. The van der Waals surface area contributed by atoms with Crippen LogP contribution < -0.4 is 0 Å². The molecule has 0 aliphatic heterocycles. The minimum atomic E-state index is 0.137. The number of fused-ring (bicyclic) bond motifs is 2. The van der Waals surface area contributed by atoms with Crippen LogP contribution in [-0.4, -0.2) is 15.3 Å². The largest absolute Gasteiger partial charge is 0.436 e. The first-order chi connectivity index (χ1) is 11.1. The van der Waals surface area contributed by atoms with E-state index >= 15 is 0 Å². The standard InChI is InChI=1S/C19H16N2O2/c1-12(22)9-13-7-8-16-18(10-13)23-19(20-16)15-11-21(2)17-6-4-3-5-14(15)17/h3-8,10-11H,9H2,1-2H3. The minimum Gasteiger partial charge on any atom is -0.436 e. The number of benzene rings is 2. The topological polar surface area (TPSA) is 48.0 Å². The first kappa shape index (κ1) is 13.8. The van der Waals surface area contributed by atoms with Crippen LogP contribution in [0.4, 0.5) is 0 Å². The van der Waals surface area contributed by atoms with E-state index in [1.807, 2.05) is 43.6 Å². The van der Waals surface area contributed by atoms with Crippen molar-refractivity contribution in [2.24, 2.45) is 7.05 Å². The van der Waals surface area contributed by atoms with Gasteiger partial charge in [-0.3, -0.25) is 4.79 Å². The smallest absolute Gasteiger partial charge is 0.229 e. The molecule has 0 saturated carbocycles. The van der Waals surface area contributed by atoms with Crippen molar-refractivity contribution in [3.63, 3.8) is 0 Å². The molecule has 0 atom stereocenters. The van der Waals surface area contributed by atoms with Gasteiger partial charge in [0.25, 0.3) is 0 Å². The molecule has 0 fully saturated rings. The minimum absolute atomic E-state index is 0.137. The maximum Gasteiger partial charge on any atom is 0.229 e. The molecule has 2 aromatic carbocycles. The second kappa shape index (κ2) is 5.09. The monoisotopic (exact) mass is 304 g/mol. The van der Waals surface area contributed by atoms with Crippen molar-refractivity contribution in [1.29, 1.82) is 0 Å². The van der Waals surface area contributed by atoms with Crippen LogP contribution in [0.3, 0.4) is 0 Å². The molecule has 114 valence electrons. The quantitative estimate of drug-likeness (QED) is 0.572. The van der Waals surface area contributed by atoms with Crippen molar-refractivity contribution in [2.45, 2.75) is 13.3 Å². The van der Waals surface area contributed by atoms with E-state index in [9.17, 15) is 4.79 Å². The lowest BCUT2D eigenvalue weighted by molar-refractivity contribution is -0.116. The summed E-state index contributed by atoms with van der Waals surface area (Å²) in [5, 5.41) is 1.12. The summed E-state index contributed by atoms with van der Waals surface area (Å²) >= 11 is 0. The van der Waals surface area contributed by atoms with Gasteiger partial charge in [0.1, 0.15) is 11.3 Å². The molecule has 0 aliphatic rings. The van der Waals surface area contributed by atoms with Crippen molar-refractivity contribution in [3.05, 3.63) is 54.2 Å². The van der Waals surface area contributed by atoms with Gasteiger partial charge < -0.3 is 8.98 Å². The van der Waals surface area contributed by atoms with Gasteiger partial charge in [-0.25, -0.2) is 4.98 Å². The summed E-state index contributed by atoms with van der Waals surface area (Å²) in [5.74, 6) is 0.745. The number of Topliss-reactive ketones (excluding diaryl/α,β-unsaturated/α-hetero) is 1. The fraction of sp³-hybridized carbons (Fsp3) is 0.158. The van der Waals surface area contributed by atoms with Crippen LogP contribution in [0, 0.1) is 0 Å². The number of hydrogen-bond donors (Lipinski definition) is 0. The molecule has 4 nitrogen and oxygen atoms in total. The molecule has 0 amide bonds. The number of aryl methyl sites for hydroxylation is 1. The Hall–Kier alpha value is -2.88. The van der Waals surface area contributed by atoms with Crippen molar-refractivity contribution in [3.8, 4) is 11.5 Å². The molecule has 4 heteroatoms. The molecule has 0 N–H and O–H groups in total. The fourth-order valence-corrected chi connectivity index (χ4v) is 2.99. The Balaban J connectivity index is 1.86. The Morgan fingerprint density at radius 3 is 2.87 bits per heavy atom. The van der Waals surface area contributed by atoms with Crippen molar-refractivity contribution < 1.29 is 9.21 Å². The number of carbonyl (C=O) groups is 1. The first-order valence-electron chi connectivity index (χ1n) is 7.55. The SMILES string of the molecule is CC(=O)Cc1ccc2nc(-c3cn(C)c4ccccc34)oc2c1.